The molecule has 0 bridgehead atoms. The normalized spacial score (nSPS) is 12.0. The highest BCUT2D eigenvalue weighted by molar-refractivity contribution is 8.00. The van der Waals surface area contributed by atoms with E-state index in [0.29, 0.717) is 6.07 Å². The third-order valence-electron chi connectivity index (χ3n) is 3.16. The van der Waals surface area contributed by atoms with E-state index in [9.17, 15) is 35.2 Å². The van der Waals surface area contributed by atoms with Gasteiger partial charge in [-0.2, -0.15) is 13.2 Å². The largest absolute Gasteiger partial charge is 0.402 e. The Bertz CT molecular complexity index is 948. The molecule has 0 spiro atoms. The average Bonchev–Trinajstić information content (AvgIpc) is 2.59. The molecular formula is C16H13F5N2O3S2. The fraction of sp³-hybridized carbons (Fsp3) is 0.188. The van der Waals surface area contributed by atoms with Crippen LogP contribution in [0.5, 0.6) is 0 Å². The third kappa shape index (κ3) is 6.77. The number of amides is 1. The molecule has 2 aromatic rings. The summed E-state index contributed by atoms with van der Waals surface area (Å²) in [6.07, 6.45) is -4.69. The number of hydrogen-bond acceptors (Lipinski definition) is 4. The number of thioether (sulfide) groups is 1. The van der Waals surface area contributed by atoms with E-state index < -0.39 is 45.2 Å². The van der Waals surface area contributed by atoms with Crippen molar-refractivity contribution in [2.45, 2.75) is 16.0 Å². The molecule has 0 saturated heterocycles. The Morgan fingerprint density at radius 1 is 1.04 bits per heavy atom. The van der Waals surface area contributed by atoms with Gasteiger partial charge in [0.05, 0.1) is 10.6 Å². The monoisotopic (exact) mass is 440 g/mol. The van der Waals surface area contributed by atoms with Gasteiger partial charge < -0.3 is 5.32 Å². The number of halogens is 5. The SMILES string of the molecule is O=C(CSc1ccc(F)cc1F)Nc1ccc(S(=O)(=O)NCC(F)(F)F)cc1. The van der Waals surface area contributed by atoms with Crippen LogP contribution < -0.4 is 10.0 Å². The second-order valence-electron chi connectivity index (χ2n) is 5.38. The number of nitrogens with one attached hydrogen (secondary N) is 2. The van der Waals surface area contributed by atoms with E-state index in [-0.39, 0.29) is 16.3 Å². The molecule has 0 heterocycles. The molecule has 0 aliphatic carbocycles. The van der Waals surface area contributed by atoms with Gasteiger partial charge in [0.15, 0.2) is 0 Å². The average molecular weight is 440 g/mol. The molecule has 0 radical (unpaired) electrons. The number of anilines is 1. The number of hydrogen-bond donors (Lipinski definition) is 2. The molecule has 0 unspecified atom stereocenters. The lowest BCUT2D eigenvalue weighted by molar-refractivity contribution is -0.121. The maximum Gasteiger partial charge on any atom is 0.402 e. The molecule has 2 rings (SSSR count). The van der Waals surface area contributed by atoms with Crippen molar-refractivity contribution in [3.63, 3.8) is 0 Å². The number of alkyl halides is 3. The highest BCUT2D eigenvalue weighted by Gasteiger charge is 2.30. The summed E-state index contributed by atoms with van der Waals surface area (Å²) in [5.74, 6) is -2.29. The van der Waals surface area contributed by atoms with Crippen LogP contribution in [0.2, 0.25) is 0 Å². The zero-order chi connectivity index (χ0) is 20.9. The van der Waals surface area contributed by atoms with Crippen LogP contribution in [0.1, 0.15) is 0 Å². The molecule has 12 heteroatoms. The first kappa shape index (κ1) is 22.1. The Morgan fingerprint density at radius 3 is 2.25 bits per heavy atom. The summed E-state index contributed by atoms with van der Waals surface area (Å²) in [6, 6.07) is 7.38. The smallest absolute Gasteiger partial charge is 0.325 e. The van der Waals surface area contributed by atoms with Crippen LogP contribution in [0.3, 0.4) is 0 Å². The molecule has 0 aromatic heterocycles. The molecule has 2 aromatic carbocycles. The van der Waals surface area contributed by atoms with Crippen molar-refractivity contribution in [3.8, 4) is 0 Å². The van der Waals surface area contributed by atoms with Gasteiger partial charge in [-0.25, -0.2) is 21.9 Å². The molecule has 0 atom stereocenters. The lowest BCUT2D eigenvalue weighted by atomic mass is 10.3. The summed E-state index contributed by atoms with van der Waals surface area (Å²) in [5, 5.41) is 2.43. The van der Waals surface area contributed by atoms with Crippen molar-refractivity contribution in [3.05, 3.63) is 54.1 Å². The van der Waals surface area contributed by atoms with E-state index in [1.807, 2.05) is 0 Å². The van der Waals surface area contributed by atoms with Crippen molar-refractivity contribution < 1.29 is 35.2 Å². The minimum Gasteiger partial charge on any atom is -0.325 e. The first-order valence-electron chi connectivity index (χ1n) is 7.50. The lowest BCUT2D eigenvalue weighted by Gasteiger charge is -2.10. The molecule has 2 N–H and O–H groups in total. The molecule has 0 fully saturated rings. The van der Waals surface area contributed by atoms with Gasteiger partial charge in [0.25, 0.3) is 0 Å². The molecule has 0 aliphatic heterocycles. The Balaban J connectivity index is 1.93. The highest BCUT2D eigenvalue weighted by atomic mass is 32.2. The van der Waals surface area contributed by atoms with E-state index >= 15 is 0 Å². The standard InChI is InChI=1S/C16H13F5N2O3S2/c17-10-1-6-14(13(18)7-10)27-8-15(24)23-11-2-4-12(5-3-11)28(25,26)22-9-16(19,20)21/h1-7,22H,8-9H2,(H,23,24). The summed E-state index contributed by atoms with van der Waals surface area (Å²) < 4.78 is 87.7. The number of rotatable bonds is 7. The van der Waals surface area contributed by atoms with Crippen LogP contribution in [0.25, 0.3) is 0 Å². The van der Waals surface area contributed by atoms with E-state index in [1.165, 1.54) is 22.9 Å². The van der Waals surface area contributed by atoms with Gasteiger partial charge in [0.2, 0.25) is 15.9 Å². The first-order chi connectivity index (χ1) is 13.0. The third-order valence-corrected chi connectivity index (χ3v) is 5.63. The van der Waals surface area contributed by atoms with E-state index in [4.69, 9.17) is 0 Å². The predicted octanol–water partition coefficient (Wildman–Crippen LogP) is 3.54. The predicted molar refractivity (Wildman–Crippen MR) is 93.4 cm³/mol. The van der Waals surface area contributed by atoms with Crippen LogP contribution in [-0.2, 0) is 14.8 Å². The number of sulfonamides is 1. The second kappa shape index (κ2) is 8.88. The summed E-state index contributed by atoms with van der Waals surface area (Å²) in [4.78, 5) is 11.5. The topological polar surface area (TPSA) is 75.3 Å². The minimum atomic E-state index is -4.69. The van der Waals surface area contributed by atoms with Gasteiger partial charge in [0, 0.05) is 16.6 Å². The quantitative estimate of drug-likeness (QED) is 0.510. The van der Waals surface area contributed by atoms with Crippen molar-refractivity contribution in [1.29, 1.82) is 0 Å². The maximum absolute atomic E-state index is 13.5. The van der Waals surface area contributed by atoms with Crippen LogP contribution in [0.15, 0.2) is 52.3 Å². The fourth-order valence-corrected chi connectivity index (χ4v) is 3.64. The van der Waals surface area contributed by atoms with Crippen LogP contribution >= 0.6 is 11.8 Å². The molecule has 5 nitrogen and oxygen atoms in total. The summed E-state index contributed by atoms with van der Waals surface area (Å²) >= 11 is 0.833. The van der Waals surface area contributed by atoms with Gasteiger partial charge in [-0.1, -0.05) is 0 Å². The molecule has 152 valence electrons. The van der Waals surface area contributed by atoms with Crippen molar-refractivity contribution in [2.75, 3.05) is 17.6 Å². The molecule has 1 amide bonds. The van der Waals surface area contributed by atoms with Crippen LogP contribution in [0.4, 0.5) is 27.6 Å². The molecular weight excluding hydrogens is 427 g/mol. The van der Waals surface area contributed by atoms with Crippen LogP contribution in [0, 0.1) is 11.6 Å². The molecule has 28 heavy (non-hydrogen) atoms. The summed E-state index contributed by atoms with van der Waals surface area (Å²) in [7, 11) is -4.35. The van der Waals surface area contributed by atoms with Crippen LogP contribution in [-0.4, -0.2) is 32.8 Å². The Labute approximate surface area is 161 Å². The summed E-state index contributed by atoms with van der Waals surface area (Å²) in [5.41, 5.74) is 0.194. The van der Waals surface area contributed by atoms with Crippen molar-refractivity contribution in [2.24, 2.45) is 0 Å². The Kier molecular flexibility index (Phi) is 7.01. The molecule has 0 saturated carbocycles. The zero-order valence-electron chi connectivity index (χ0n) is 13.9. The highest BCUT2D eigenvalue weighted by Crippen LogP contribution is 2.23. The van der Waals surface area contributed by atoms with Gasteiger partial charge in [-0.3, -0.25) is 4.79 Å². The van der Waals surface area contributed by atoms with E-state index in [0.717, 1.165) is 30.0 Å². The fourth-order valence-electron chi connectivity index (χ4n) is 1.91. The van der Waals surface area contributed by atoms with E-state index in [2.05, 4.69) is 5.32 Å². The van der Waals surface area contributed by atoms with Gasteiger partial charge in [0.1, 0.15) is 18.2 Å². The van der Waals surface area contributed by atoms with Crippen molar-refractivity contribution >= 4 is 33.4 Å². The molecule has 0 aliphatic rings. The first-order valence-corrected chi connectivity index (χ1v) is 9.97. The van der Waals surface area contributed by atoms with Gasteiger partial charge in [-0.15, -0.1) is 11.8 Å². The number of carbonyl (C=O) groups is 1. The minimum absolute atomic E-state index is 0.0775. The lowest BCUT2D eigenvalue weighted by Crippen LogP contribution is -2.33. The van der Waals surface area contributed by atoms with E-state index in [1.54, 1.807) is 0 Å². The van der Waals surface area contributed by atoms with Gasteiger partial charge >= 0.3 is 6.18 Å². The number of carbonyl (C=O) groups excluding carboxylic acids is 1. The second-order valence-corrected chi connectivity index (χ2v) is 8.16. The maximum atomic E-state index is 13.5. The Hall–Kier alpha value is -2.18. The zero-order valence-corrected chi connectivity index (χ0v) is 15.5. The Morgan fingerprint density at radius 2 is 1.68 bits per heavy atom. The summed E-state index contributed by atoms with van der Waals surface area (Å²) in [6.45, 7) is -1.70. The van der Waals surface area contributed by atoms with Crippen molar-refractivity contribution in [1.82, 2.24) is 4.72 Å². The van der Waals surface area contributed by atoms with Gasteiger partial charge in [-0.05, 0) is 36.4 Å². The number of benzene rings is 2.